The number of carbonyl (C=O) groups is 1. The second-order valence-corrected chi connectivity index (χ2v) is 5.85. The Morgan fingerprint density at radius 1 is 1.09 bits per heavy atom. The molecule has 6 heteroatoms. The second-order valence-electron chi connectivity index (χ2n) is 5.42. The summed E-state index contributed by atoms with van der Waals surface area (Å²) in [5, 5.41) is 16.5. The lowest BCUT2D eigenvalue weighted by Gasteiger charge is -2.14. The molecule has 1 saturated heterocycles. The maximum absolute atomic E-state index is 12.1. The van der Waals surface area contributed by atoms with Crippen molar-refractivity contribution in [2.24, 2.45) is 0 Å². The van der Waals surface area contributed by atoms with Crippen LogP contribution in [-0.2, 0) is 0 Å². The molecule has 2 unspecified atom stereocenters. The molecule has 0 bridgehead atoms. The van der Waals surface area contributed by atoms with Crippen LogP contribution in [0.15, 0.2) is 48.5 Å². The Morgan fingerprint density at radius 2 is 1.74 bits per heavy atom. The number of rotatable bonds is 3. The van der Waals surface area contributed by atoms with Gasteiger partial charge in [-0.25, -0.2) is 0 Å². The van der Waals surface area contributed by atoms with E-state index in [1.807, 2.05) is 24.3 Å². The summed E-state index contributed by atoms with van der Waals surface area (Å²) in [6.07, 6.45) is -0.352. The zero-order valence-corrected chi connectivity index (χ0v) is 13.9. The van der Waals surface area contributed by atoms with E-state index in [0.717, 1.165) is 17.8 Å². The topological polar surface area (TPSA) is 61.4 Å². The predicted octanol–water partition coefficient (Wildman–Crippen LogP) is 3.06. The van der Waals surface area contributed by atoms with Crippen molar-refractivity contribution in [3.05, 3.63) is 64.7 Å². The van der Waals surface area contributed by atoms with Crippen LogP contribution in [0.5, 0.6) is 0 Å². The third-order valence-corrected chi connectivity index (χ3v) is 4.14. The predicted molar refractivity (Wildman–Crippen MR) is 94.7 cm³/mol. The summed E-state index contributed by atoms with van der Waals surface area (Å²) in [5.74, 6) is -0.0620. The van der Waals surface area contributed by atoms with Crippen LogP contribution in [0.4, 0.5) is 5.69 Å². The van der Waals surface area contributed by atoms with Crippen molar-refractivity contribution in [1.82, 2.24) is 5.32 Å². The van der Waals surface area contributed by atoms with Crippen molar-refractivity contribution in [1.29, 1.82) is 0 Å². The van der Waals surface area contributed by atoms with E-state index < -0.39 is 0 Å². The van der Waals surface area contributed by atoms with Crippen molar-refractivity contribution in [3.8, 4) is 0 Å². The summed E-state index contributed by atoms with van der Waals surface area (Å²) in [6, 6.07) is 14.3. The number of aliphatic hydroxyl groups excluding tert-OH is 1. The van der Waals surface area contributed by atoms with Gasteiger partial charge in [-0.15, -0.1) is 12.4 Å². The highest BCUT2D eigenvalue weighted by Crippen LogP contribution is 2.24. The van der Waals surface area contributed by atoms with E-state index in [9.17, 15) is 9.90 Å². The largest absolute Gasteiger partial charge is 0.391 e. The molecule has 2 aromatic carbocycles. The Morgan fingerprint density at radius 3 is 2.30 bits per heavy atom. The summed E-state index contributed by atoms with van der Waals surface area (Å²) >= 11 is 5.81. The number of benzene rings is 2. The van der Waals surface area contributed by atoms with Crippen LogP contribution in [0.25, 0.3) is 0 Å². The number of anilines is 1. The lowest BCUT2D eigenvalue weighted by molar-refractivity contribution is 0.102. The van der Waals surface area contributed by atoms with E-state index in [1.54, 1.807) is 24.3 Å². The molecule has 122 valence electrons. The molecule has 2 aromatic rings. The van der Waals surface area contributed by atoms with Gasteiger partial charge in [0.1, 0.15) is 0 Å². The van der Waals surface area contributed by atoms with Gasteiger partial charge in [0.25, 0.3) is 5.91 Å². The number of amides is 1. The molecule has 0 spiro atoms. The second kappa shape index (κ2) is 7.79. The minimum atomic E-state index is -0.352. The lowest BCUT2D eigenvalue weighted by atomic mass is 9.96. The maximum Gasteiger partial charge on any atom is 0.255 e. The number of hydrogen-bond acceptors (Lipinski definition) is 3. The molecule has 2 atom stereocenters. The Kier molecular flexibility index (Phi) is 6.02. The van der Waals surface area contributed by atoms with Crippen molar-refractivity contribution in [3.63, 3.8) is 0 Å². The van der Waals surface area contributed by atoms with Gasteiger partial charge in [0.15, 0.2) is 0 Å². The Balaban J connectivity index is 0.00000192. The summed E-state index contributed by atoms with van der Waals surface area (Å²) in [4.78, 5) is 12.1. The van der Waals surface area contributed by atoms with Crippen LogP contribution in [0.3, 0.4) is 0 Å². The number of hydrogen-bond donors (Lipinski definition) is 3. The first-order chi connectivity index (χ1) is 10.6. The highest BCUT2D eigenvalue weighted by atomic mass is 35.5. The fourth-order valence-corrected chi connectivity index (χ4v) is 2.75. The molecule has 1 heterocycles. The molecule has 0 saturated carbocycles. The monoisotopic (exact) mass is 352 g/mol. The van der Waals surface area contributed by atoms with E-state index in [1.165, 1.54) is 0 Å². The number of carbonyl (C=O) groups excluding carboxylic acids is 1. The highest BCUT2D eigenvalue weighted by Gasteiger charge is 2.26. The average Bonchev–Trinajstić information content (AvgIpc) is 2.95. The van der Waals surface area contributed by atoms with E-state index in [4.69, 9.17) is 11.6 Å². The molecule has 1 fully saturated rings. The van der Waals surface area contributed by atoms with E-state index in [0.29, 0.717) is 17.1 Å². The normalized spacial score (nSPS) is 19.9. The van der Waals surface area contributed by atoms with Crippen molar-refractivity contribution >= 4 is 35.6 Å². The minimum Gasteiger partial charge on any atom is -0.391 e. The summed E-state index contributed by atoms with van der Waals surface area (Å²) in [5.41, 5.74) is 2.36. The summed E-state index contributed by atoms with van der Waals surface area (Å²) < 4.78 is 0. The van der Waals surface area contributed by atoms with Gasteiger partial charge in [-0.2, -0.15) is 0 Å². The highest BCUT2D eigenvalue weighted by molar-refractivity contribution is 6.30. The van der Waals surface area contributed by atoms with Crippen LogP contribution in [0, 0.1) is 0 Å². The van der Waals surface area contributed by atoms with Crippen LogP contribution in [0.2, 0.25) is 5.02 Å². The molecule has 4 nitrogen and oxygen atoms in total. The molecule has 0 aromatic heterocycles. The molecule has 1 amide bonds. The van der Waals surface area contributed by atoms with E-state index in [2.05, 4.69) is 10.6 Å². The van der Waals surface area contributed by atoms with Gasteiger partial charge in [0.05, 0.1) is 6.10 Å². The van der Waals surface area contributed by atoms with Gasteiger partial charge < -0.3 is 15.7 Å². The SMILES string of the molecule is Cl.O=C(Nc1ccc(C2CNCC2O)cc1)c1ccc(Cl)cc1. The van der Waals surface area contributed by atoms with Crippen LogP contribution in [0.1, 0.15) is 21.8 Å². The minimum absolute atomic E-state index is 0. The number of β-amino-alcohol motifs (C(OH)–C–C–N with tert-alkyl or cyclic N) is 1. The van der Waals surface area contributed by atoms with Gasteiger partial charge in [0.2, 0.25) is 0 Å². The fraction of sp³-hybridized carbons (Fsp3) is 0.235. The first kappa shape index (κ1) is 17.8. The van der Waals surface area contributed by atoms with Crippen LogP contribution in [-0.4, -0.2) is 30.2 Å². The molecular weight excluding hydrogens is 335 g/mol. The lowest BCUT2D eigenvalue weighted by Crippen LogP contribution is -2.16. The summed E-state index contributed by atoms with van der Waals surface area (Å²) in [6.45, 7) is 1.40. The van der Waals surface area contributed by atoms with Gasteiger partial charge in [-0.3, -0.25) is 4.79 Å². The van der Waals surface area contributed by atoms with Gasteiger partial charge in [-0.05, 0) is 42.0 Å². The zero-order chi connectivity index (χ0) is 15.5. The molecule has 0 aliphatic carbocycles. The molecule has 1 aliphatic rings. The number of aliphatic hydroxyl groups is 1. The molecule has 1 aliphatic heterocycles. The zero-order valence-electron chi connectivity index (χ0n) is 12.3. The Labute approximate surface area is 146 Å². The molecule has 23 heavy (non-hydrogen) atoms. The van der Waals surface area contributed by atoms with E-state index in [-0.39, 0.29) is 30.3 Å². The van der Waals surface area contributed by atoms with Gasteiger partial charge in [0, 0.05) is 35.3 Å². The summed E-state index contributed by atoms with van der Waals surface area (Å²) in [7, 11) is 0. The van der Waals surface area contributed by atoms with Gasteiger partial charge >= 0.3 is 0 Å². The van der Waals surface area contributed by atoms with Crippen molar-refractivity contribution in [2.75, 3.05) is 18.4 Å². The first-order valence-corrected chi connectivity index (χ1v) is 7.57. The third-order valence-electron chi connectivity index (χ3n) is 3.89. The molecule has 0 radical (unpaired) electrons. The van der Waals surface area contributed by atoms with Crippen LogP contribution >= 0.6 is 24.0 Å². The standard InChI is InChI=1S/C17H17ClN2O2.ClH/c18-13-5-1-12(2-6-13)17(22)20-14-7-3-11(4-8-14)15-9-19-10-16(15)21;/h1-8,15-16,19,21H,9-10H2,(H,20,22);1H. The molecule has 3 N–H and O–H groups in total. The van der Waals surface area contributed by atoms with Crippen molar-refractivity contribution in [2.45, 2.75) is 12.0 Å². The smallest absolute Gasteiger partial charge is 0.255 e. The Bertz CT molecular complexity index is 659. The number of halogens is 2. The van der Waals surface area contributed by atoms with Crippen LogP contribution < -0.4 is 10.6 Å². The fourth-order valence-electron chi connectivity index (χ4n) is 2.62. The number of nitrogens with one attached hydrogen (secondary N) is 2. The average molecular weight is 353 g/mol. The molecular formula is C17H18Cl2N2O2. The third kappa shape index (κ3) is 4.24. The van der Waals surface area contributed by atoms with Crippen molar-refractivity contribution < 1.29 is 9.90 Å². The molecule has 3 rings (SSSR count). The quantitative estimate of drug-likeness (QED) is 0.795. The Hall–Kier alpha value is -1.59. The first-order valence-electron chi connectivity index (χ1n) is 7.19. The van der Waals surface area contributed by atoms with Gasteiger partial charge in [-0.1, -0.05) is 23.7 Å². The van der Waals surface area contributed by atoms with E-state index >= 15 is 0 Å². The maximum atomic E-state index is 12.1.